The van der Waals surface area contributed by atoms with Crippen LogP contribution in [0.1, 0.15) is 37.0 Å². The Hall–Kier alpha value is -2.70. The number of rotatable bonds is 4. The number of nitrogens with one attached hydrogen (secondary N) is 2. The molecule has 0 saturated carbocycles. The van der Waals surface area contributed by atoms with Crippen LogP contribution >= 0.6 is 0 Å². The zero-order valence-corrected chi connectivity index (χ0v) is 16.8. The van der Waals surface area contributed by atoms with Gasteiger partial charge in [0.1, 0.15) is 6.07 Å². The lowest BCUT2D eigenvalue weighted by Crippen LogP contribution is -2.16. The van der Waals surface area contributed by atoms with Crippen molar-refractivity contribution in [2.75, 3.05) is 25.5 Å². The number of alkyl halides is 3. The van der Waals surface area contributed by atoms with E-state index in [0.29, 0.717) is 18.1 Å². The number of hydrogen-bond donors (Lipinski definition) is 2. The van der Waals surface area contributed by atoms with E-state index in [9.17, 15) is 13.2 Å². The molecule has 0 radical (unpaired) electrons. The summed E-state index contributed by atoms with van der Waals surface area (Å²) in [7, 11) is 1.72. The Morgan fingerprint density at radius 3 is 2.28 bits per heavy atom. The van der Waals surface area contributed by atoms with Crippen molar-refractivity contribution in [1.29, 1.82) is 5.26 Å². The molecular weight excluding hydrogens is 383 g/mol. The Morgan fingerprint density at radius 2 is 1.83 bits per heavy atom. The number of aromatic nitrogens is 2. The molecule has 0 spiro atoms. The molecule has 0 aliphatic carbocycles. The van der Waals surface area contributed by atoms with Crippen LogP contribution in [0.4, 0.5) is 19.1 Å². The van der Waals surface area contributed by atoms with Crippen LogP contribution in [0.3, 0.4) is 0 Å². The molecular formula is C20H26F3N5O. The van der Waals surface area contributed by atoms with Crippen molar-refractivity contribution in [2.24, 2.45) is 0 Å². The first kappa shape index (κ1) is 24.3. The summed E-state index contributed by atoms with van der Waals surface area (Å²) in [6.45, 7) is 6.13. The molecule has 3 rings (SSSR count). The number of ether oxygens (including phenoxy) is 1. The molecule has 2 heterocycles. The molecule has 1 unspecified atom stereocenters. The minimum Gasteiger partial charge on any atom is -0.372 e. The van der Waals surface area contributed by atoms with E-state index in [1.165, 1.54) is 24.5 Å². The SMILES string of the molecule is CC.CNc1ncc(C#N)cn1.FC(F)(F)c1ccc(COC2CCNC2)cc1. The molecule has 2 aromatic rings. The Labute approximate surface area is 169 Å². The highest BCUT2D eigenvalue weighted by atomic mass is 19.4. The van der Waals surface area contributed by atoms with Crippen LogP contribution in [0.2, 0.25) is 0 Å². The van der Waals surface area contributed by atoms with Crippen LogP contribution in [0.15, 0.2) is 36.7 Å². The zero-order valence-electron chi connectivity index (χ0n) is 16.8. The molecule has 29 heavy (non-hydrogen) atoms. The van der Waals surface area contributed by atoms with Crippen molar-refractivity contribution in [3.8, 4) is 6.07 Å². The molecule has 1 aliphatic heterocycles. The van der Waals surface area contributed by atoms with E-state index >= 15 is 0 Å². The van der Waals surface area contributed by atoms with Crippen LogP contribution in [0.5, 0.6) is 0 Å². The molecule has 6 nitrogen and oxygen atoms in total. The predicted molar refractivity (Wildman–Crippen MR) is 105 cm³/mol. The van der Waals surface area contributed by atoms with Crippen molar-refractivity contribution >= 4 is 5.95 Å². The second kappa shape index (κ2) is 12.7. The summed E-state index contributed by atoms with van der Waals surface area (Å²) < 4.78 is 42.5. The van der Waals surface area contributed by atoms with E-state index in [2.05, 4.69) is 20.6 Å². The van der Waals surface area contributed by atoms with E-state index < -0.39 is 11.7 Å². The summed E-state index contributed by atoms with van der Waals surface area (Å²) in [4.78, 5) is 7.65. The first-order valence-electron chi connectivity index (χ1n) is 9.30. The smallest absolute Gasteiger partial charge is 0.372 e. The maximum absolute atomic E-state index is 12.3. The summed E-state index contributed by atoms with van der Waals surface area (Å²) in [6.07, 6.45) is -0.190. The Kier molecular flexibility index (Phi) is 10.7. The molecule has 9 heteroatoms. The van der Waals surface area contributed by atoms with Gasteiger partial charge in [-0.15, -0.1) is 0 Å². The lowest BCUT2D eigenvalue weighted by molar-refractivity contribution is -0.137. The highest BCUT2D eigenvalue weighted by molar-refractivity contribution is 5.29. The standard InChI is InChI=1S/C12H14F3NO.C6H6N4.C2H6/c13-12(14,15)10-3-1-9(2-4-10)8-17-11-5-6-16-7-11;1-8-6-9-3-5(2-7)4-10-6;1-2/h1-4,11,16H,5-8H2;3-4H,1H3,(H,8,9,10);1-2H3. The molecule has 0 amide bonds. The van der Waals surface area contributed by atoms with E-state index in [4.69, 9.17) is 10.00 Å². The van der Waals surface area contributed by atoms with Crippen LogP contribution < -0.4 is 10.6 Å². The van der Waals surface area contributed by atoms with Crippen molar-refractivity contribution < 1.29 is 17.9 Å². The van der Waals surface area contributed by atoms with Gasteiger partial charge in [0.2, 0.25) is 5.95 Å². The molecule has 1 atom stereocenters. The molecule has 1 aromatic heterocycles. The van der Waals surface area contributed by atoms with E-state index in [1.54, 1.807) is 7.05 Å². The fraction of sp³-hybridized carbons (Fsp3) is 0.450. The summed E-state index contributed by atoms with van der Waals surface area (Å²) in [5.74, 6) is 0.527. The van der Waals surface area contributed by atoms with Gasteiger partial charge in [-0.3, -0.25) is 0 Å². The average Bonchev–Trinajstić information content (AvgIpc) is 3.27. The van der Waals surface area contributed by atoms with Gasteiger partial charge in [0.15, 0.2) is 0 Å². The number of halogens is 3. The van der Waals surface area contributed by atoms with E-state index in [-0.39, 0.29) is 6.10 Å². The second-order valence-electron chi connectivity index (χ2n) is 5.78. The Balaban J connectivity index is 0.000000299. The van der Waals surface area contributed by atoms with Crippen molar-refractivity contribution in [3.63, 3.8) is 0 Å². The predicted octanol–water partition coefficient (Wildman–Crippen LogP) is 4.00. The van der Waals surface area contributed by atoms with Crippen molar-refractivity contribution in [3.05, 3.63) is 53.3 Å². The van der Waals surface area contributed by atoms with Gasteiger partial charge < -0.3 is 15.4 Å². The number of nitrogens with zero attached hydrogens (tertiary/aromatic N) is 3. The first-order chi connectivity index (χ1) is 13.9. The number of anilines is 1. The van der Waals surface area contributed by atoms with Gasteiger partial charge in [-0.25, -0.2) is 9.97 Å². The summed E-state index contributed by atoms with van der Waals surface area (Å²) >= 11 is 0. The minimum absolute atomic E-state index is 0.178. The third-order valence-electron chi connectivity index (χ3n) is 3.79. The Bertz CT molecular complexity index is 737. The molecule has 2 N–H and O–H groups in total. The average molecular weight is 409 g/mol. The third kappa shape index (κ3) is 8.89. The number of hydrogen-bond acceptors (Lipinski definition) is 6. The number of benzene rings is 1. The number of nitriles is 1. The highest BCUT2D eigenvalue weighted by Crippen LogP contribution is 2.29. The van der Waals surface area contributed by atoms with Gasteiger partial charge in [0.25, 0.3) is 0 Å². The third-order valence-corrected chi connectivity index (χ3v) is 3.79. The molecule has 158 valence electrons. The van der Waals surface area contributed by atoms with Crippen molar-refractivity contribution in [1.82, 2.24) is 15.3 Å². The first-order valence-corrected chi connectivity index (χ1v) is 9.30. The van der Waals surface area contributed by atoms with Gasteiger partial charge in [0, 0.05) is 13.6 Å². The molecule has 1 saturated heterocycles. The molecule has 1 fully saturated rings. The largest absolute Gasteiger partial charge is 0.416 e. The lowest BCUT2D eigenvalue weighted by Gasteiger charge is -2.11. The Morgan fingerprint density at radius 1 is 1.21 bits per heavy atom. The van der Waals surface area contributed by atoms with E-state index in [1.807, 2.05) is 19.9 Å². The fourth-order valence-electron chi connectivity index (χ4n) is 2.29. The lowest BCUT2D eigenvalue weighted by atomic mass is 10.1. The maximum atomic E-state index is 12.3. The minimum atomic E-state index is -4.27. The summed E-state index contributed by atoms with van der Waals surface area (Å²) in [5.41, 5.74) is 0.618. The quantitative estimate of drug-likeness (QED) is 0.794. The van der Waals surface area contributed by atoms with Crippen LogP contribution in [-0.2, 0) is 17.5 Å². The second-order valence-corrected chi connectivity index (χ2v) is 5.78. The van der Waals surface area contributed by atoms with Gasteiger partial charge in [-0.2, -0.15) is 18.4 Å². The molecule has 1 aromatic carbocycles. The van der Waals surface area contributed by atoms with Gasteiger partial charge in [-0.1, -0.05) is 26.0 Å². The fourth-order valence-corrected chi connectivity index (χ4v) is 2.29. The van der Waals surface area contributed by atoms with Crippen LogP contribution in [0.25, 0.3) is 0 Å². The maximum Gasteiger partial charge on any atom is 0.416 e. The van der Waals surface area contributed by atoms with Crippen LogP contribution in [-0.4, -0.2) is 36.2 Å². The highest BCUT2D eigenvalue weighted by Gasteiger charge is 2.29. The summed E-state index contributed by atoms with van der Waals surface area (Å²) in [6, 6.07) is 7.03. The van der Waals surface area contributed by atoms with Crippen LogP contribution in [0, 0.1) is 11.3 Å². The molecule has 1 aliphatic rings. The van der Waals surface area contributed by atoms with Gasteiger partial charge in [0.05, 0.1) is 36.2 Å². The monoisotopic (exact) mass is 409 g/mol. The normalized spacial score (nSPS) is 15.3. The van der Waals surface area contributed by atoms with Crippen molar-refractivity contribution in [2.45, 2.75) is 39.2 Å². The molecule has 0 bridgehead atoms. The topological polar surface area (TPSA) is 82.9 Å². The zero-order chi connectivity index (χ0) is 21.7. The van der Waals surface area contributed by atoms with Gasteiger partial charge in [-0.05, 0) is 30.7 Å². The summed E-state index contributed by atoms with van der Waals surface area (Å²) in [5, 5.41) is 14.3. The van der Waals surface area contributed by atoms with Gasteiger partial charge >= 0.3 is 6.18 Å². The van der Waals surface area contributed by atoms with E-state index in [0.717, 1.165) is 37.2 Å².